The van der Waals surface area contributed by atoms with Crippen LogP contribution in [0.1, 0.15) is 24.4 Å². The molecule has 4 rings (SSSR count). The van der Waals surface area contributed by atoms with Crippen LogP contribution in [0.2, 0.25) is 0 Å². The van der Waals surface area contributed by atoms with E-state index in [0.717, 1.165) is 21.5 Å². The van der Waals surface area contributed by atoms with Crippen molar-refractivity contribution >= 4 is 44.4 Å². The molecule has 166 valence electrons. The SMILES string of the molecule is COc1cccc(OC(C)c2nnc(SCC(=O)Nc3nc4c(C)cccc4s3)n2C)c1. The number of rotatable bonds is 8. The average molecular weight is 470 g/mol. The third-order valence-electron chi connectivity index (χ3n) is 4.79. The highest BCUT2D eigenvalue weighted by atomic mass is 32.2. The molecule has 0 aliphatic rings. The number of thiazole rings is 1. The molecule has 1 unspecified atom stereocenters. The Kier molecular flexibility index (Phi) is 6.61. The van der Waals surface area contributed by atoms with Crippen molar-refractivity contribution in [1.82, 2.24) is 19.7 Å². The highest BCUT2D eigenvalue weighted by molar-refractivity contribution is 7.99. The fraction of sp³-hybridized carbons (Fsp3) is 0.273. The monoisotopic (exact) mass is 469 g/mol. The summed E-state index contributed by atoms with van der Waals surface area (Å²) in [6.07, 6.45) is -0.325. The quantitative estimate of drug-likeness (QED) is 0.377. The molecule has 0 radical (unpaired) electrons. The number of nitrogens with zero attached hydrogens (tertiary/aromatic N) is 4. The molecule has 1 amide bonds. The molecule has 2 aromatic heterocycles. The number of aromatic nitrogens is 4. The standard InChI is InChI=1S/C22H23N5O3S2/c1-13-7-5-10-17-19(13)24-21(32-17)23-18(28)12-31-22-26-25-20(27(22)3)14(2)30-16-9-6-8-15(11-16)29-4/h5-11,14H,12H2,1-4H3,(H,23,24,28). The molecule has 0 saturated heterocycles. The lowest BCUT2D eigenvalue weighted by Crippen LogP contribution is -2.14. The molecule has 10 heteroatoms. The number of ether oxygens (including phenoxy) is 2. The summed E-state index contributed by atoms with van der Waals surface area (Å²) in [6.45, 7) is 3.91. The van der Waals surface area contributed by atoms with E-state index in [9.17, 15) is 4.79 Å². The summed E-state index contributed by atoms with van der Waals surface area (Å²) in [4.78, 5) is 17.0. The Morgan fingerprint density at radius 3 is 2.78 bits per heavy atom. The number of hydrogen-bond donors (Lipinski definition) is 1. The van der Waals surface area contributed by atoms with Crippen LogP contribution in [0, 0.1) is 6.92 Å². The van der Waals surface area contributed by atoms with Crippen molar-refractivity contribution < 1.29 is 14.3 Å². The van der Waals surface area contributed by atoms with Gasteiger partial charge in [0.2, 0.25) is 5.91 Å². The van der Waals surface area contributed by atoms with Crippen LogP contribution < -0.4 is 14.8 Å². The number of thioether (sulfide) groups is 1. The summed E-state index contributed by atoms with van der Waals surface area (Å²) in [5.41, 5.74) is 2.01. The number of para-hydroxylation sites is 1. The average Bonchev–Trinajstić information content (AvgIpc) is 3.36. The van der Waals surface area contributed by atoms with Crippen molar-refractivity contribution in [1.29, 1.82) is 0 Å². The van der Waals surface area contributed by atoms with Crippen LogP contribution in [0.3, 0.4) is 0 Å². The van der Waals surface area contributed by atoms with Gasteiger partial charge >= 0.3 is 0 Å². The Balaban J connectivity index is 1.36. The second-order valence-corrected chi connectivity index (χ2v) is 9.09. The van der Waals surface area contributed by atoms with Crippen LogP contribution in [-0.2, 0) is 11.8 Å². The number of hydrogen-bond acceptors (Lipinski definition) is 8. The number of carbonyl (C=O) groups excluding carboxylic acids is 1. The third-order valence-corrected chi connectivity index (χ3v) is 6.74. The number of aryl methyl sites for hydroxylation is 1. The van der Waals surface area contributed by atoms with E-state index in [1.807, 2.05) is 67.9 Å². The number of methoxy groups -OCH3 is 1. The van der Waals surface area contributed by atoms with Gasteiger partial charge in [-0.05, 0) is 37.6 Å². The molecular weight excluding hydrogens is 446 g/mol. The van der Waals surface area contributed by atoms with Gasteiger partial charge in [0.15, 0.2) is 22.2 Å². The number of carbonyl (C=O) groups is 1. The fourth-order valence-electron chi connectivity index (χ4n) is 3.16. The Morgan fingerprint density at radius 1 is 1.22 bits per heavy atom. The van der Waals surface area contributed by atoms with Gasteiger partial charge in [0.05, 0.1) is 23.1 Å². The van der Waals surface area contributed by atoms with E-state index in [2.05, 4.69) is 20.5 Å². The van der Waals surface area contributed by atoms with Gasteiger partial charge in [0, 0.05) is 13.1 Å². The van der Waals surface area contributed by atoms with Gasteiger partial charge in [0.1, 0.15) is 11.5 Å². The number of benzene rings is 2. The maximum absolute atomic E-state index is 12.4. The summed E-state index contributed by atoms with van der Waals surface area (Å²) < 4.78 is 14.1. The zero-order valence-corrected chi connectivity index (χ0v) is 19.8. The van der Waals surface area contributed by atoms with Gasteiger partial charge in [-0.15, -0.1) is 10.2 Å². The Labute approximate surface area is 194 Å². The molecular formula is C22H23N5O3S2. The van der Waals surface area contributed by atoms with Gasteiger partial charge in [-0.1, -0.05) is 41.3 Å². The molecule has 2 aromatic carbocycles. The first-order valence-corrected chi connectivity index (χ1v) is 11.7. The van der Waals surface area contributed by atoms with Crippen molar-refractivity contribution in [3.63, 3.8) is 0 Å². The minimum atomic E-state index is -0.325. The van der Waals surface area contributed by atoms with Crippen LogP contribution >= 0.6 is 23.1 Å². The second-order valence-electron chi connectivity index (χ2n) is 7.12. The van der Waals surface area contributed by atoms with Gasteiger partial charge < -0.3 is 19.4 Å². The van der Waals surface area contributed by atoms with E-state index < -0.39 is 0 Å². The van der Waals surface area contributed by atoms with Gasteiger partial charge in [-0.25, -0.2) is 4.98 Å². The van der Waals surface area contributed by atoms with Crippen molar-refractivity contribution in [3.05, 3.63) is 53.9 Å². The smallest absolute Gasteiger partial charge is 0.236 e. The van der Waals surface area contributed by atoms with Crippen molar-refractivity contribution in [3.8, 4) is 11.5 Å². The van der Waals surface area contributed by atoms with Gasteiger partial charge in [0.25, 0.3) is 0 Å². The van der Waals surface area contributed by atoms with Crippen LogP contribution in [-0.4, -0.2) is 38.5 Å². The molecule has 0 aliphatic heterocycles. The van der Waals surface area contributed by atoms with Crippen LogP contribution in [0.25, 0.3) is 10.2 Å². The summed E-state index contributed by atoms with van der Waals surface area (Å²) in [5.74, 6) is 2.12. The lowest BCUT2D eigenvalue weighted by molar-refractivity contribution is -0.113. The van der Waals surface area contributed by atoms with Crippen LogP contribution in [0.4, 0.5) is 5.13 Å². The van der Waals surface area contributed by atoms with E-state index in [0.29, 0.717) is 21.9 Å². The number of anilines is 1. The zero-order valence-electron chi connectivity index (χ0n) is 18.2. The van der Waals surface area contributed by atoms with Gasteiger partial charge in [-0.2, -0.15) is 0 Å². The van der Waals surface area contributed by atoms with Gasteiger partial charge in [-0.3, -0.25) is 4.79 Å². The maximum atomic E-state index is 12.4. The molecule has 4 aromatic rings. The molecule has 8 nitrogen and oxygen atoms in total. The fourth-order valence-corrected chi connectivity index (χ4v) is 4.84. The van der Waals surface area contributed by atoms with Crippen molar-refractivity contribution in [2.45, 2.75) is 25.1 Å². The van der Waals surface area contributed by atoms with Crippen LogP contribution in [0.15, 0.2) is 47.6 Å². The first kappa shape index (κ1) is 22.1. The summed E-state index contributed by atoms with van der Waals surface area (Å²) in [6, 6.07) is 13.4. The molecule has 0 saturated carbocycles. The second kappa shape index (κ2) is 9.58. The minimum Gasteiger partial charge on any atom is -0.497 e. The molecule has 0 aliphatic carbocycles. The zero-order chi connectivity index (χ0) is 22.7. The summed E-state index contributed by atoms with van der Waals surface area (Å²) >= 11 is 2.78. The molecule has 0 bridgehead atoms. The summed E-state index contributed by atoms with van der Waals surface area (Å²) in [5, 5.41) is 12.6. The molecule has 1 N–H and O–H groups in total. The summed E-state index contributed by atoms with van der Waals surface area (Å²) in [7, 11) is 3.47. The topological polar surface area (TPSA) is 91.2 Å². The van der Waals surface area contributed by atoms with E-state index in [1.165, 1.54) is 23.1 Å². The minimum absolute atomic E-state index is 0.142. The predicted octanol–water partition coefficient (Wildman–Crippen LogP) is 4.61. The van der Waals surface area contributed by atoms with Crippen molar-refractivity contribution in [2.75, 3.05) is 18.2 Å². The molecule has 0 fully saturated rings. The van der Waals surface area contributed by atoms with E-state index in [4.69, 9.17) is 9.47 Å². The van der Waals surface area contributed by atoms with Crippen LogP contribution in [0.5, 0.6) is 11.5 Å². The Morgan fingerprint density at radius 2 is 2.00 bits per heavy atom. The first-order chi connectivity index (χ1) is 15.4. The lowest BCUT2D eigenvalue weighted by Gasteiger charge is -2.14. The normalized spacial score (nSPS) is 12.0. The number of nitrogens with one attached hydrogen (secondary N) is 1. The molecule has 32 heavy (non-hydrogen) atoms. The molecule has 2 heterocycles. The maximum Gasteiger partial charge on any atom is 0.236 e. The molecule has 1 atom stereocenters. The number of amides is 1. The van der Waals surface area contributed by atoms with Crippen molar-refractivity contribution in [2.24, 2.45) is 7.05 Å². The van der Waals surface area contributed by atoms with E-state index >= 15 is 0 Å². The first-order valence-electron chi connectivity index (χ1n) is 9.93. The lowest BCUT2D eigenvalue weighted by atomic mass is 10.2. The van der Waals surface area contributed by atoms with E-state index in [-0.39, 0.29) is 17.8 Å². The third kappa shape index (κ3) is 4.86. The highest BCUT2D eigenvalue weighted by Crippen LogP contribution is 2.29. The highest BCUT2D eigenvalue weighted by Gasteiger charge is 2.18. The predicted molar refractivity (Wildman–Crippen MR) is 127 cm³/mol. The Bertz CT molecular complexity index is 1250. The van der Waals surface area contributed by atoms with E-state index in [1.54, 1.807) is 7.11 Å². The Hall–Kier alpha value is -3.11. The number of fused-ring (bicyclic) bond motifs is 1. The molecule has 0 spiro atoms. The largest absolute Gasteiger partial charge is 0.497 e.